The summed E-state index contributed by atoms with van der Waals surface area (Å²) >= 11 is 0. The first-order chi connectivity index (χ1) is 40.1. The lowest BCUT2D eigenvalue weighted by Gasteiger charge is -2.46. The second kappa shape index (κ2) is 51.3. The largest absolute Gasteiger partial charge is 0.394 e. The average molecular weight is 1150 g/mol. The van der Waals surface area contributed by atoms with Gasteiger partial charge in [0, 0.05) is 6.42 Å². The van der Waals surface area contributed by atoms with Gasteiger partial charge in [0.25, 0.3) is 0 Å². The summed E-state index contributed by atoms with van der Waals surface area (Å²) in [5.41, 5.74) is 0. The molecule has 2 aliphatic rings. The molecule has 12 atom stereocenters. The number of carbonyl (C=O) groups excluding carboxylic acids is 1. The topological polar surface area (TPSA) is 228 Å². The molecule has 0 aliphatic carbocycles. The molecule has 14 nitrogen and oxygen atoms in total. The maximum atomic E-state index is 13.2. The number of ether oxygens (including phenoxy) is 4. The van der Waals surface area contributed by atoms with Crippen LogP contribution in [0.2, 0.25) is 0 Å². The van der Waals surface area contributed by atoms with Crippen molar-refractivity contribution >= 4 is 5.91 Å². The fourth-order valence-electron chi connectivity index (χ4n) is 9.06. The lowest BCUT2D eigenvalue weighted by Crippen LogP contribution is -2.65. The standard InChI is InChI=1S/C68H109NO13/c1-3-5-7-9-11-13-14-15-16-17-18-19-20-21-22-23-24-25-26-27-28-29-30-31-32-33-34-35-36-37-38-39-40-41-42-44-46-48-50-52-60(73)69-56(57(72)51-49-47-45-43-12-10-8-6-4-2)55-79-67-65(78)63(76)66(59(54-71)81-67)82-68-64(77)62(75)61(74)58(53-70)80-68/h5,7,11,13,15-16,18-19,21-22,24-25,27-28,30-31,33-34,36-37,39-40,49,51,56-59,61-68,70-72,74-78H,3-4,6,8-10,12,14,17,20,23,26,29,32,35,38,41-48,50,52-55H2,1-2H3,(H,69,73)/b7-5-,13-11-,16-15-,19-18-,22-21-,25-24-,28-27-,31-30-,34-33-,37-36-,40-39-,51-49+. The van der Waals surface area contributed by atoms with Gasteiger partial charge in [0.05, 0.1) is 32.0 Å². The first kappa shape index (κ1) is 74.0. The summed E-state index contributed by atoms with van der Waals surface area (Å²) in [7, 11) is 0. The third kappa shape index (κ3) is 35.9. The number of hydrogen-bond donors (Lipinski definition) is 9. The molecule has 2 heterocycles. The Hall–Kier alpha value is -4.13. The minimum absolute atomic E-state index is 0.248. The molecule has 9 N–H and O–H groups in total. The molecule has 2 fully saturated rings. The van der Waals surface area contributed by atoms with Gasteiger partial charge in [-0.3, -0.25) is 4.79 Å². The first-order valence-corrected chi connectivity index (χ1v) is 31.1. The van der Waals surface area contributed by atoms with Gasteiger partial charge in [-0.25, -0.2) is 0 Å². The Bertz CT molecular complexity index is 1930. The highest BCUT2D eigenvalue weighted by Gasteiger charge is 2.51. The van der Waals surface area contributed by atoms with Crippen LogP contribution in [0.5, 0.6) is 0 Å². The molecular weight excluding hydrogens is 1040 g/mol. The van der Waals surface area contributed by atoms with E-state index in [4.69, 9.17) is 18.9 Å². The van der Waals surface area contributed by atoms with Crippen LogP contribution in [0.1, 0.15) is 181 Å². The molecule has 2 rings (SSSR count). The van der Waals surface area contributed by atoms with Crippen LogP contribution in [0, 0.1) is 0 Å². The summed E-state index contributed by atoms with van der Waals surface area (Å²) in [6, 6.07) is -0.934. The average Bonchev–Trinajstić information content (AvgIpc) is 3.38. The number of aliphatic hydroxyl groups excluding tert-OH is 8. The van der Waals surface area contributed by atoms with Crippen molar-refractivity contribution in [1.29, 1.82) is 0 Å². The Labute approximate surface area is 493 Å². The van der Waals surface area contributed by atoms with Gasteiger partial charge in [-0.1, -0.05) is 217 Å². The zero-order valence-electron chi connectivity index (χ0n) is 49.9. The minimum Gasteiger partial charge on any atom is -0.394 e. The van der Waals surface area contributed by atoms with E-state index in [2.05, 4.69) is 153 Å². The Balaban J connectivity index is 1.63. The number of amides is 1. The van der Waals surface area contributed by atoms with Gasteiger partial charge in [-0.15, -0.1) is 0 Å². The van der Waals surface area contributed by atoms with Crippen LogP contribution in [0.3, 0.4) is 0 Å². The lowest BCUT2D eigenvalue weighted by atomic mass is 9.97. The molecule has 464 valence electrons. The van der Waals surface area contributed by atoms with E-state index in [1.165, 1.54) is 25.7 Å². The number of rotatable bonds is 47. The zero-order chi connectivity index (χ0) is 59.5. The summed E-state index contributed by atoms with van der Waals surface area (Å²) in [5, 5.41) is 86.8. The van der Waals surface area contributed by atoms with E-state index in [1.807, 2.05) is 6.08 Å². The molecule has 0 bridgehead atoms. The molecule has 0 aromatic heterocycles. The van der Waals surface area contributed by atoms with Gasteiger partial charge in [0.2, 0.25) is 5.91 Å². The van der Waals surface area contributed by atoms with Crippen molar-refractivity contribution in [2.24, 2.45) is 0 Å². The second-order valence-corrected chi connectivity index (χ2v) is 21.1. The van der Waals surface area contributed by atoms with Crippen molar-refractivity contribution in [2.45, 2.75) is 254 Å². The normalized spacial score (nSPS) is 25.0. The summed E-state index contributed by atoms with van der Waals surface area (Å²) in [5.74, 6) is -0.268. The zero-order valence-corrected chi connectivity index (χ0v) is 49.9. The SMILES string of the molecule is CC/C=C\C/C=C\C/C=C\C/C=C\C/C=C\C/C=C\C/C=C\C/C=C\C/C=C\C/C=C\C/C=C\CCCCCCCC(=O)NC(COC1OC(CO)C(OC2OC(CO)C(O)C(O)C2O)C(O)C1O)C(O)/C=C/CCCCCCCCC. The van der Waals surface area contributed by atoms with Crippen molar-refractivity contribution in [2.75, 3.05) is 19.8 Å². The van der Waals surface area contributed by atoms with Crippen LogP contribution in [-0.4, -0.2) is 140 Å². The molecule has 0 radical (unpaired) electrons. The molecule has 0 spiro atoms. The maximum Gasteiger partial charge on any atom is 0.220 e. The number of aliphatic hydroxyl groups is 8. The molecular formula is C68H109NO13. The van der Waals surface area contributed by atoms with Crippen molar-refractivity contribution in [3.8, 4) is 0 Å². The van der Waals surface area contributed by atoms with E-state index in [1.54, 1.807) is 6.08 Å². The van der Waals surface area contributed by atoms with Crippen LogP contribution in [-0.2, 0) is 23.7 Å². The highest BCUT2D eigenvalue weighted by molar-refractivity contribution is 5.76. The highest BCUT2D eigenvalue weighted by Crippen LogP contribution is 2.30. The van der Waals surface area contributed by atoms with Gasteiger partial charge in [-0.2, -0.15) is 0 Å². The molecule has 14 heteroatoms. The van der Waals surface area contributed by atoms with Crippen LogP contribution in [0.25, 0.3) is 0 Å². The van der Waals surface area contributed by atoms with Gasteiger partial charge >= 0.3 is 0 Å². The number of allylic oxidation sites excluding steroid dienone is 23. The monoisotopic (exact) mass is 1150 g/mol. The molecule has 0 aromatic carbocycles. The maximum absolute atomic E-state index is 13.2. The van der Waals surface area contributed by atoms with Crippen LogP contribution >= 0.6 is 0 Å². The molecule has 2 saturated heterocycles. The predicted molar refractivity (Wildman–Crippen MR) is 331 cm³/mol. The summed E-state index contributed by atoms with van der Waals surface area (Å²) in [4.78, 5) is 13.2. The second-order valence-electron chi connectivity index (χ2n) is 21.1. The van der Waals surface area contributed by atoms with Gasteiger partial charge in [0.15, 0.2) is 12.6 Å². The Kier molecular flexibility index (Phi) is 46.3. The number of unbranched alkanes of at least 4 members (excludes halogenated alkanes) is 12. The highest BCUT2D eigenvalue weighted by atomic mass is 16.7. The van der Waals surface area contributed by atoms with Gasteiger partial charge in [0.1, 0.15) is 48.8 Å². The summed E-state index contributed by atoms with van der Waals surface area (Å²) in [6.45, 7) is 2.60. The summed E-state index contributed by atoms with van der Waals surface area (Å²) in [6.07, 6.45) is 60.6. The van der Waals surface area contributed by atoms with Crippen LogP contribution < -0.4 is 5.32 Å². The van der Waals surface area contributed by atoms with Gasteiger partial charge < -0.3 is 65.1 Å². The molecule has 0 saturated carbocycles. The lowest BCUT2D eigenvalue weighted by molar-refractivity contribution is -0.359. The van der Waals surface area contributed by atoms with E-state index in [0.717, 1.165) is 128 Å². The number of hydrogen-bond acceptors (Lipinski definition) is 13. The molecule has 82 heavy (non-hydrogen) atoms. The van der Waals surface area contributed by atoms with E-state index >= 15 is 0 Å². The number of nitrogens with one attached hydrogen (secondary N) is 1. The Morgan fingerprint density at radius 2 is 0.841 bits per heavy atom. The summed E-state index contributed by atoms with van der Waals surface area (Å²) < 4.78 is 22.7. The fourth-order valence-corrected chi connectivity index (χ4v) is 9.06. The molecule has 0 aromatic rings. The van der Waals surface area contributed by atoms with Crippen molar-refractivity contribution < 1.29 is 64.6 Å². The van der Waals surface area contributed by atoms with Crippen LogP contribution in [0.15, 0.2) is 146 Å². The van der Waals surface area contributed by atoms with Crippen molar-refractivity contribution in [3.63, 3.8) is 0 Å². The Morgan fingerprint density at radius 3 is 1.29 bits per heavy atom. The minimum atomic E-state index is -1.80. The van der Waals surface area contributed by atoms with E-state index in [9.17, 15) is 45.6 Å². The third-order valence-corrected chi connectivity index (χ3v) is 14.0. The number of carbonyl (C=O) groups is 1. The quantitative estimate of drug-likeness (QED) is 0.0204. The van der Waals surface area contributed by atoms with E-state index < -0.39 is 86.8 Å². The smallest absolute Gasteiger partial charge is 0.220 e. The van der Waals surface area contributed by atoms with E-state index in [0.29, 0.717) is 6.42 Å². The van der Waals surface area contributed by atoms with E-state index in [-0.39, 0.29) is 18.9 Å². The fraction of sp³-hybridized carbons (Fsp3) is 0.632. The molecule has 2 aliphatic heterocycles. The van der Waals surface area contributed by atoms with Gasteiger partial charge in [-0.05, 0) is 103 Å². The molecule has 12 unspecified atom stereocenters. The third-order valence-electron chi connectivity index (χ3n) is 14.0. The van der Waals surface area contributed by atoms with Crippen LogP contribution in [0.4, 0.5) is 0 Å². The van der Waals surface area contributed by atoms with Crippen molar-refractivity contribution in [3.05, 3.63) is 146 Å². The predicted octanol–water partition coefficient (Wildman–Crippen LogP) is 11.3. The first-order valence-electron chi connectivity index (χ1n) is 31.1. The van der Waals surface area contributed by atoms with Crippen molar-refractivity contribution in [1.82, 2.24) is 5.32 Å². The molecule has 1 amide bonds. The Morgan fingerprint density at radius 1 is 0.451 bits per heavy atom.